The van der Waals surface area contributed by atoms with Gasteiger partial charge in [0.05, 0.1) is 18.8 Å². The van der Waals surface area contributed by atoms with Gasteiger partial charge in [-0.25, -0.2) is 0 Å². The summed E-state index contributed by atoms with van der Waals surface area (Å²) in [4.78, 5) is 14.4. The average Bonchev–Trinajstić information content (AvgIpc) is 3.09. The summed E-state index contributed by atoms with van der Waals surface area (Å²) in [6.07, 6.45) is 3.73. The molecule has 0 fully saturated rings. The quantitative estimate of drug-likeness (QED) is 0.780. The van der Waals surface area contributed by atoms with Crippen molar-refractivity contribution in [3.8, 4) is 5.75 Å². The van der Waals surface area contributed by atoms with E-state index in [9.17, 15) is 4.79 Å². The van der Waals surface area contributed by atoms with E-state index in [1.54, 1.807) is 13.3 Å². The lowest BCUT2D eigenvalue weighted by Gasteiger charge is -2.35. The Morgan fingerprint density at radius 3 is 3.04 bits per heavy atom. The lowest BCUT2D eigenvalue weighted by molar-refractivity contribution is -0.132. The number of aryl methyl sites for hydroxylation is 1. The summed E-state index contributed by atoms with van der Waals surface area (Å²) in [5.74, 6) is 0.756. The van der Waals surface area contributed by atoms with Gasteiger partial charge in [0.2, 0.25) is 5.91 Å². The molecule has 1 aliphatic heterocycles. The Balaban J connectivity index is 1.93. The molecule has 0 radical (unpaired) electrons. The van der Waals surface area contributed by atoms with Crippen molar-refractivity contribution >= 4 is 17.5 Å². The second-order valence-electron chi connectivity index (χ2n) is 6.04. The highest BCUT2D eigenvalue weighted by molar-refractivity contribution is 6.27. The minimum Gasteiger partial charge on any atom is -0.496 e. The Hall–Kier alpha value is -2.01. The van der Waals surface area contributed by atoms with Gasteiger partial charge in [-0.3, -0.25) is 9.48 Å². The van der Waals surface area contributed by atoms with E-state index in [1.807, 2.05) is 40.8 Å². The zero-order valence-corrected chi connectivity index (χ0v) is 14.8. The van der Waals surface area contributed by atoms with Crippen LogP contribution in [0.25, 0.3) is 0 Å². The summed E-state index contributed by atoms with van der Waals surface area (Å²) >= 11 is 5.89. The predicted octanol–water partition coefficient (Wildman–Crippen LogP) is 3.30. The van der Waals surface area contributed by atoms with Gasteiger partial charge in [0, 0.05) is 19.3 Å². The smallest absolute Gasteiger partial charge is 0.238 e. The van der Waals surface area contributed by atoms with Gasteiger partial charge >= 0.3 is 0 Å². The molecule has 128 valence electrons. The summed E-state index contributed by atoms with van der Waals surface area (Å²) in [6, 6.07) is 7.93. The Bertz CT molecular complexity index is 729. The minimum atomic E-state index is -0.0569. The van der Waals surface area contributed by atoms with Crippen molar-refractivity contribution in [2.75, 3.05) is 13.0 Å². The molecule has 0 saturated heterocycles. The van der Waals surface area contributed by atoms with Crippen LogP contribution in [0, 0.1) is 6.92 Å². The number of hydrogen-bond donors (Lipinski definition) is 0. The van der Waals surface area contributed by atoms with E-state index in [4.69, 9.17) is 16.3 Å². The molecule has 1 aromatic heterocycles. The third-order valence-electron chi connectivity index (χ3n) is 4.71. The van der Waals surface area contributed by atoms with E-state index < -0.39 is 0 Å². The molecule has 1 aromatic carbocycles. The number of hydrogen-bond acceptors (Lipinski definition) is 3. The number of nitrogens with zero attached hydrogens (tertiary/aromatic N) is 3. The van der Waals surface area contributed by atoms with Crippen LogP contribution >= 0.6 is 11.6 Å². The van der Waals surface area contributed by atoms with Gasteiger partial charge in [-0.2, -0.15) is 5.10 Å². The monoisotopic (exact) mass is 347 g/mol. The molecule has 1 atom stereocenters. The second-order valence-corrected chi connectivity index (χ2v) is 6.30. The van der Waals surface area contributed by atoms with Crippen LogP contribution in [-0.2, 0) is 17.9 Å². The van der Waals surface area contributed by atoms with Gasteiger partial charge in [-0.1, -0.05) is 12.1 Å². The number of aromatic nitrogens is 2. The Kier molecular flexibility index (Phi) is 5.09. The summed E-state index contributed by atoms with van der Waals surface area (Å²) in [5, 5.41) is 4.35. The van der Waals surface area contributed by atoms with Gasteiger partial charge in [0.1, 0.15) is 11.6 Å². The first-order valence-corrected chi connectivity index (χ1v) is 8.68. The lowest BCUT2D eigenvalue weighted by Crippen LogP contribution is -2.38. The van der Waals surface area contributed by atoms with E-state index in [0.717, 1.165) is 42.0 Å². The molecule has 0 bridgehead atoms. The normalized spacial score (nSPS) is 16.5. The molecular weight excluding hydrogens is 326 g/mol. The van der Waals surface area contributed by atoms with E-state index in [1.165, 1.54) is 0 Å². The van der Waals surface area contributed by atoms with Crippen LogP contribution in [0.2, 0.25) is 0 Å². The standard InChI is InChI=1S/C18H22ClN3O2/c1-13-14(5-3-7-17(13)24-2)12-21(18(23)11-19)15-6-4-10-22-16(15)8-9-20-22/h3,5,7-9,15H,4,6,10-12H2,1-2H3. The number of benzene rings is 1. The number of alkyl halides is 1. The van der Waals surface area contributed by atoms with Gasteiger partial charge in [0.15, 0.2) is 0 Å². The fourth-order valence-corrected chi connectivity index (χ4v) is 3.55. The number of amides is 1. The van der Waals surface area contributed by atoms with E-state index in [0.29, 0.717) is 6.54 Å². The first kappa shape index (κ1) is 16.8. The van der Waals surface area contributed by atoms with Crippen molar-refractivity contribution in [1.82, 2.24) is 14.7 Å². The van der Waals surface area contributed by atoms with Crippen molar-refractivity contribution in [3.63, 3.8) is 0 Å². The van der Waals surface area contributed by atoms with E-state index in [2.05, 4.69) is 5.10 Å². The van der Waals surface area contributed by atoms with Crippen LogP contribution in [0.3, 0.4) is 0 Å². The highest BCUT2D eigenvalue weighted by Gasteiger charge is 2.30. The van der Waals surface area contributed by atoms with Crippen LogP contribution in [-0.4, -0.2) is 33.6 Å². The number of halogens is 1. The zero-order chi connectivity index (χ0) is 17.1. The third kappa shape index (κ3) is 3.13. The largest absolute Gasteiger partial charge is 0.496 e. The SMILES string of the molecule is COc1cccc(CN(C(=O)CCl)C2CCCn3nccc32)c1C. The van der Waals surface area contributed by atoms with E-state index in [-0.39, 0.29) is 17.8 Å². The molecule has 1 aliphatic rings. The van der Waals surface area contributed by atoms with Crippen molar-refractivity contribution in [2.24, 2.45) is 0 Å². The third-order valence-corrected chi connectivity index (χ3v) is 4.93. The fraction of sp³-hybridized carbons (Fsp3) is 0.444. The molecule has 0 spiro atoms. The van der Waals surface area contributed by atoms with Crippen LogP contribution in [0.15, 0.2) is 30.5 Å². The van der Waals surface area contributed by atoms with Crippen molar-refractivity contribution < 1.29 is 9.53 Å². The van der Waals surface area contributed by atoms with Crippen LogP contribution in [0.4, 0.5) is 0 Å². The zero-order valence-electron chi connectivity index (χ0n) is 14.0. The Morgan fingerprint density at radius 1 is 1.46 bits per heavy atom. The summed E-state index contributed by atoms with van der Waals surface area (Å²) in [7, 11) is 1.66. The van der Waals surface area contributed by atoms with Crippen molar-refractivity contribution in [1.29, 1.82) is 0 Å². The summed E-state index contributed by atoms with van der Waals surface area (Å²) in [6.45, 7) is 3.44. The maximum absolute atomic E-state index is 12.5. The van der Waals surface area contributed by atoms with Crippen LogP contribution in [0.1, 0.15) is 35.7 Å². The summed E-state index contributed by atoms with van der Waals surface area (Å²) in [5.41, 5.74) is 3.21. The minimum absolute atomic E-state index is 0.0121. The maximum Gasteiger partial charge on any atom is 0.238 e. The topological polar surface area (TPSA) is 47.4 Å². The first-order chi connectivity index (χ1) is 11.7. The Labute approximate surface area is 147 Å². The molecule has 24 heavy (non-hydrogen) atoms. The molecule has 6 heteroatoms. The lowest BCUT2D eigenvalue weighted by atomic mass is 10.00. The molecule has 0 N–H and O–H groups in total. The fourth-order valence-electron chi connectivity index (χ4n) is 3.40. The predicted molar refractivity (Wildman–Crippen MR) is 93.2 cm³/mol. The molecular formula is C18H22ClN3O2. The van der Waals surface area contributed by atoms with Gasteiger partial charge in [-0.15, -0.1) is 11.6 Å². The average molecular weight is 348 g/mol. The number of rotatable bonds is 5. The molecule has 1 unspecified atom stereocenters. The molecule has 2 heterocycles. The molecule has 2 aromatic rings. The first-order valence-electron chi connectivity index (χ1n) is 8.15. The number of fused-ring (bicyclic) bond motifs is 1. The van der Waals surface area contributed by atoms with Crippen molar-refractivity contribution in [2.45, 2.75) is 38.9 Å². The number of methoxy groups -OCH3 is 1. The molecule has 5 nitrogen and oxygen atoms in total. The highest BCUT2D eigenvalue weighted by atomic mass is 35.5. The van der Waals surface area contributed by atoms with Gasteiger partial charge in [-0.05, 0) is 43.0 Å². The molecule has 3 rings (SSSR count). The molecule has 0 aliphatic carbocycles. The number of ether oxygens (including phenoxy) is 1. The maximum atomic E-state index is 12.5. The number of carbonyl (C=O) groups excluding carboxylic acids is 1. The van der Waals surface area contributed by atoms with Crippen LogP contribution in [0.5, 0.6) is 5.75 Å². The van der Waals surface area contributed by atoms with Crippen molar-refractivity contribution in [3.05, 3.63) is 47.3 Å². The summed E-state index contributed by atoms with van der Waals surface area (Å²) < 4.78 is 7.39. The van der Waals surface area contributed by atoms with Gasteiger partial charge < -0.3 is 9.64 Å². The van der Waals surface area contributed by atoms with E-state index >= 15 is 0 Å². The van der Waals surface area contributed by atoms with Gasteiger partial charge in [0.25, 0.3) is 0 Å². The van der Waals surface area contributed by atoms with Crippen LogP contribution < -0.4 is 4.74 Å². The second kappa shape index (κ2) is 7.26. The highest BCUT2D eigenvalue weighted by Crippen LogP contribution is 2.33. The Morgan fingerprint density at radius 2 is 2.29 bits per heavy atom. The number of carbonyl (C=O) groups is 1. The molecule has 1 amide bonds. The molecule has 0 saturated carbocycles.